The number of hydrogen-bond acceptors (Lipinski definition) is 4. The minimum Gasteiger partial charge on any atom is -0.379 e. The summed E-state index contributed by atoms with van der Waals surface area (Å²) < 4.78 is 16.4. The van der Waals surface area contributed by atoms with Crippen LogP contribution < -0.4 is 0 Å². The van der Waals surface area contributed by atoms with E-state index in [2.05, 4.69) is 13.0 Å². The van der Waals surface area contributed by atoms with Crippen molar-refractivity contribution in [3.8, 4) is 6.07 Å². The first kappa shape index (κ1) is 18.4. The Bertz CT molecular complexity index is 282. The molecule has 0 bridgehead atoms. The molecule has 1 rings (SSSR count). The Labute approximate surface area is 129 Å². The molecule has 4 nitrogen and oxygen atoms in total. The Morgan fingerprint density at radius 2 is 1.43 bits per heavy atom. The number of rotatable bonds is 12. The molecule has 122 valence electrons. The van der Waals surface area contributed by atoms with Crippen LogP contribution in [0.2, 0.25) is 0 Å². The minimum atomic E-state index is -0.119. The van der Waals surface area contributed by atoms with E-state index in [1.165, 1.54) is 25.7 Å². The third-order valence-electron chi connectivity index (χ3n) is 4.16. The van der Waals surface area contributed by atoms with Crippen molar-refractivity contribution >= 4 is 0 Å². The topological polar surface area (TPSA) is 51.5 Å². The van der Waals surface area contributed by atoms with Gasteiger partial charge in [-0.25, -0.2) is 0 Å². The molecule has 21 heavy (non-hydrogen) atoms. The van der Waals surface area contributed by atoms with Crippen LogP contribution in [-0.4, -0.2) is 39.6 Å². The van der Waals surface area contributed by atoms with Crippen LogP contribution in [-0.2, 0) is 14.2 Å². The number of nitrogens with zero attached hydrogens (tertiary/aromatic N) is 1. The van der Waals surface area contributed by atoms with Gasteiger partial charge < -0.3 is 14.2 Å². The van der Waals surface area contributed by atoms with E-state index >= 15 is 0 Å². The summed E-state index contributed by atoms with van der Waals surface area (Å²) in [6, 6.07) is 2.53. The van der Waals surface area contributed by atoms with E-state index in [1.54, 1.807) is 0 Å². The summed E-state index contributed by atoms with van der Waals surface area (Å²) in [7, 11) is 0. The molecular weight excluding hydrogens is 266 g/mol. The summed E-state index contributed by atoms with van der Waals surface area (Å²) in [4.78, 5) is 0. The zero-order valence-electron chi connectivity index (χ0n) is 13.6. The Balaban J connectivity index is 1.89. The highest BCUT2D eigenvalue weighted by molar-refractivity contribution is 5.00. The fourth-order valence-electron chi connectivity index (χ4n) is 2.70. The Morgan fingerprint density at radius 3 is 2.00 bits per heavy atom. The van der Waals surface area contributed by atoms with E-state index in [0.717, 1.165) is 32.3 Å². The van der Waals surface area contributed by atoms with Gasteiger partial charge in [-0.1, -0.05) is 32.6 Å². The third kappa shape index (κ3) is 8.40. The monoisotopic (exact) mass is 297 g/mol. The van der Waals surface area contributed by atoms with Gasteiger partial charge in [-0.3, -0.25) is 0 Å². The summed E-state index contributed by atoms with van der Waals surface area (Å²) in [6.45, 7) is 6.16. The molecule has 0 unspecified atom stereocenters. The zero-order chi connectivity index (χ0) is 15.2. The summed E-state index contributed by atoms with van der Waals surface area (Å²) in [5.41, 5.74) is -0.119. The van der Waals surface area contributed by atoms with Crippen LogP contribution >= 0.6 is 0 Å². The maximum atomic E-state index is 9.36. The second-order valence-electron chi connectivity index (χ2n) is 5.89. The van der Waals surface area contributed by atoms with Crippen LogP contribution in [0.25, 0.3) is 0 Å². The number of unbranched alkanes of at least 4 members (excludes halogenated alkanes) is 1. The maximum Gasteiger partial charge on any atom is 0.0701 e. The second kappa shape index (κ2) is 12.0. The van der Waals surface area contributed by atoms with Gasteiger partial charge in [-0.2, -0.15) is 5.26 Å². The molecule has 4 heteroatoms. The van der Waals surface area contributed by atoms with Crippen LogP contribution in [0.3, 0.4) is 0 Å². The Kier molecular flexibility index (Phi) is 10.5. The average molecular weight is 297 g/mol. The highest BCUT2D eigenvalue weighted by Gasteiger charge is 2.31. The van der Waals surface area contributed by atoms with E-state index in [4.69, 9.17) is 14.2 Å². The number of nitriles is 1. The minimum absolute atomic E-state index is 0.119. The molecular formula is C17H31NO3. The van der Waals surface area contributed by atoms with Gasteiger partial charge in [-0.15, -0.1) is 0 Å². The SMILES string of the molecule is CCCCOCCOCCOCCC1(C#N)CCCCC1. The molecule has 1 saturated carbocycles. The van der Waals surface area contributed by atoms with Crippen molar-refractivity contribution < 1.29 is 14.2 Å². The van der Waals surface area contributed by atoms with Crippen LogP contribution in [0.1, 0.15) is 58.3 Å². The average Bonchev–Trinajstić information content (AvgIpc) is 2.53. The van der Waals surface area contributed by atoms with Crippen molar-refractivity contribution in [2.24, 2.45) is 5.41 Å². The quantitative estimate of drug-likeness (QED) is 0.515. The molecule has 0 amide bonds. The van der Waals surface area contributed by atoms with Crippen molar-refractivity contribution in [3.63, 3.8) is 0 Å². The molecule has 0 N–H and O–H groups in total. The van der Waals surface area contributed by atoms with Crippen molar-refractivity contribution in [1.82, 2.24) is 0 Å². The Morgan fingerprint density at radius 1 is 0.857 bits per heavy atom. The normalized spacial score (nSPS) is 17.5. The molecule has 1 aliphatic carbocycles. The van der Waals surface area contributed by atoms with Gasteiger partial charge in [0.1, 0.15) is 0 Å². The fourth-order valence-corrected chi connectivity index (χ4v) is 2.70. The predicted octanol–water partition coefficient (Wildman–Crippen LogP) is 3.70. The van der Waals surface area contributed by atoms with E-state index < -0.39 is 0 Å². The summed E-state index contributed by atoms with van der Waals surface area (Å²) in [6.07, 6.45) is 8.88. The summed E-state index contributed by atoms with van der Waals surface area (Å²) >= 11 is 0. The van der Waals surface area contributed by atoms with Crippen molar-refractivity contribution in [1.29, 1.82) is 5.26 Å². The van der Waals surface area contributed by atoms with Gasteiger partial charge in [0.05, 0.1) is 37.9 Å². The van der Waals surface area contributed by atoms with E-state index in [0.29, 0.717) is 33.0 Å². The summed E-state index contributed by atoms with van der Waals surface area (Å²) in [5, 5.41) is 9.36. The van der Waals surface area contributed by atoms with Gasteiger partial charge in [-0.05, 0) is 25.7 Å². The van der Waals surface area contributed by atoms with Crippen molar-refractivity contribution in [2.75, 3.05) is 39.6 Å². The van der Waals surface area contributed by atoms with Crippen LogP contribution in [0, 0.1) is 16.7 Å². The maximum absolute atomic E-state index is 9.36. The first-order valence-corrected chi connectivity index (χ1v) is 8.47. The lowest BCUT2D eigenvalue weighted by Gasteiger charge is -2.30. The lowest BCUT2D eigenvalue weighted by atomic mass is 9.73. The first-order valence-electron chi connectivity index (χ1n) is 8.47. The molecule has 0 radical (unpaired) electrons. The molecule has 0 heterocycles. The fraction of sp³-hybridized carbons (Fsp3) is 0.941. The lowest BCUT2D eigenvalue weighted by Crippen LogP contribution is -2.24. The van der Waals surface area contributed by atoms with E-state index in [1.807, 2.05) is 0 Å². The van der Waals surface area contributed by atoms with E-state index in [-0.39, 0.29) is 5.41 Å². The molecule has 0 spiro atoms. The molecule has 0 aliphatic heterocycles. The number of ether oxygens (including phenoxy) is 3. The smallest absolute Gasteiger partial charge is 0.0701 e. The molecule has 1 fully saturated rings. The Hall–Kier alpha value is -0.630. The third-order valence-corrected chi connectivity index (χ3v) is 4.16. The molecule has 0 aromatic carbocycles. The summed E-state index contributed by atoms with van der Waals surface area (Å²) in [5.74, 6) is 0. The van der Waals surface area contributed by atoms with E-state index in [9.17, 15) is 5.26 Å². The molecule has 1 aliphatic rings. The van der Waals surface area contributed by atoms with Gasteiger partial charge in [0.2, 0.25) is 0 Å². The molecule has 0 saturated heterocycles. The highest BCUT2D eigenvalue weighted by Crippen LogP contribution is 2.38. The predicted molar refractivity (Wildman–Crippen MR) is 83.1 cm³/mol. The van der Waals surface area contributed by atoms with Crippen LogP contribution in [0.15, 0.2) is 0 Å². The first-order chi connectivity index (χ1) is 10.3. The zero-order valence-corrected chi connectivity index (χ0v) is 13.6. The molecule has 0 aromatic heterocycles. The van der Waals surface area contributed by atoms with Crippen molar-refractivity contribution in [3.05, 3.63) is 0 Å². The van der Waals surface area contributed by atoms with Crippen LogP contribution in [0.4, 0.5) is 0 Å². The van der Waals surface area contributed by atoms with Gasteiger partial charge in [0.25, 0.3) is 0 Å². The van der Waals surface area contributed by atoms with Gasteiger partial charge in [0.15, 0.2) is 0 Å². The number of hydrogen-bond donors (Lipinski definition) is 0. The highest BCUT2D eigenvalue weighted by atomic mass is 16.5. The molecule has 0 aromatic rings. The second-order valence-corrected chi connectivity index (χ2v) is 5.89. The largest absolute Gasteiger partial charge is 0.379 e. The molecule has 0 atom stereocenters. The standard InChI is InChI=1S/C17H31NO3/c1-2-3-10-19-12-14-21-15-13-20-11-9-17(16-18)7-5-4-6-8-17/h2-15H2,1H3. The van der Waals surface area contributed by atoms with Gasteiger partial charge in [0, 0.05) is 13.2 Å². The van der Waals surface area contributed by atoms with Gasteiger partial charge >= 0.3 is 0 Å². The van der Waals surface area contributed by atoms with Crippen molar-refractivity contribution in [2.45, 2.75) is 58.3 Å². The lowest BCUT2D eigenvalue weighted by molar-refractivity contribution is 0.00865. The van der Waals surface area contributed by atoms with Crippen LogP contribution in [0.5, 0.6) is 0 Å².